The summed E-state index contributed by atoms with van der Waals surface area (Å²) in [5, 5.41) is 102. The van der Waals surface area contributed by atoms with Crippen molar-refractivity contribution in [2.75, 3.05) is 13.2 Å². The van der Waals surface area contributed by atoms with Crippen LogP contribution in [-0.4, -0.2) is 179 Å². The Morgan fingerprint density at radius 2 is 1.33 bits per heavy atom. The van der Waals surface area contributed by atoms with Crippen LogP contribution in [0, 0.1) is 11.8 Å². The van der Waals surface area contributed by atoms with Crippen molar-refractivity contribution in [3.05, 3.63) is 0 Å². The lowest BCUT2D eigenvalue weighted by Gasteiger charge is -2.49. The number of aliphatic carboxylic acids is 1. The fraction of sp³-hybridized carbons (Fsp3) is 0.933. The molecule has 0 aromatic rings. The van der Waals surface area contributed by atoms with E-state index in [1.807, 2.05) is 0 Å². The Kier molecular flexibility index (Phi) is 12.7. The van der Waals surface area contributed by atoms with Gasteiger partial charge >= 0.3 is 11.9 Å². The second-order valence-electron chi connectivity index (χ2n) is 13.6. The molecule has 18 nitrogen and oxygen atoms in total. The van der Waals surface area contributed by atoms with Crippen LogP contribution in [0.25, 0.3) is 0 Å². The van der Waals surface area contributed by atoms with Gasteiger partial charge in [0, 0.05) is 18.8 Å². The minimum atomic E-state index is -1.76. The predicted molar refractivity (Wildman–Crippen MR) is 155 cm³/mol. The number of carboxylic acid groups (broad SMARTS) is 1. The number of aliphatic hydroxyl groups is 11. The van der Waals surface area contributed by atoms with Crippen molar-refractivity contribution in [1.29, 1.82) is 0 Å². The highest BCUT2D eigenvalue weighted by molar-refractivity contribution is 5.90. The van der Waals surface area contributed by atoms with Gasteiger partial charge in [-0.1, -0.05) is 0 Å². The third-order valence-corrected chi connectivity index (χ3v) is 10.3. The first-order valence-electron chi connectivity index (χ1n) is 16.5. The molecule has 0 bridgehead atoms. The van der Waals surface area contributed by atoms with E-state index in [1.54, 1.807) is 0 Å². The van der Waals surface area contributed by atoms with Crippen molar-refractivity contribution >= 4 is 11.9 Å². The molecule has 3 saturated heterocycles. The zero-order chi connectivity index (χ0) is 34.9. The molecule has 3 heterocycles. The van der Waals surface area contributed by atoms with Crippen molar-refractivity contribution in [3.63, 3.8) is 0 Å². The van der Waals surface area contributed by atoms with Gasteiger partial charge in [0.2, 0.25) is 0 Å². The maximum absolute atomic E-state index is 11.8. The van der Waals surface area contributed by atoms with Crippen LogP contribution in [0.2, 0.25) is 0 Å². The number of aliphatic hydroxyl groups excluding tert-OH is 9. The van der Waals surface area contributed by atoms with Crippen LogP contribution in [0.3, 0.4) is 0 Å². The third kappa shape index (κ3) is 8.46. The average Bonchev–Trinajstić information content (AvgIpc) is 3.04. The third-order valence-electron chi connectivity index (χ3n) is 10.3. The molecule has 16 unspecified atom stereocenters. The van der Waals surface area contributed by atoms with Gasteiger partial charge in [-0.05, 0) is 32.1 Å². The van der Waals surface area contributed by atoms with E-state index in [2.05, 4.69) is 0 Å². The van der Waals surface area contributed by atoms with Gasteiger partial charge in [0.15, 0.2) is 24.8 Å². The maximum Gasteiger partial charge on any atom is 0.317 e. The first-order chi connectivity index (χ1) is 22.8. The topological polar surface area (TPSA) is 295 Å². The predicted octanol–water partition coefficient (Wildman–Crippen LogP) is -4.63. The lowest BCUT2D eigenvalue weighted by atomic mass is 9.73. The van der Waals surface area contributed by atoms with E-state index >= 15 is 0 Å². The molecule has 5 aliphatic rings. The van der Waals surface area contributed by atoms with Gasteiger partial charge in [-0.15, -0.1) is 0 Å². The lowest BCUT2D eigenvalue weighted by Crippen LogP contribution is -2.63. The molecule has 0 spiro atoms. The van der Waals surface area contributed by atoms with Crippen LogP contribution in [-0.2, 0) is 33.3 Å². The summed E-state index contributed by atoms with van der Waals surface area (Å²) in [4.78, 5) is 22.6. The number of carbonyl (C=O) groups is 2. The molecule has 0 radical (unpaired) electrons. The zero-order valence-electron chi connectivity index (χ0n) is 26.2. The van der Waals surface area contributed by atoms with Crippen molar-refractivity contribution in [2.45, 2.75) is 149 Å². The molecule has 276 valence electrons. The number of carbonyl (C=O) groups excluding carboxylic acids is 1. The summed E-state index contributed by atoms with van der Waals surface area (Å²) in [6.45, 7) is -1.24. The SMILES string of the molecule is O=C(O)CC(=O)OCC1OC(OC2CC3C(O)CC(OC4OC(CO)C(O)C(O)C4O)CC3[OH+]C2C2CCC(O)CC2)C(O)C(O)C1O. The fourth-order valence-corrected chi connectivity index (χ4v) is 7.62. The molecule has 0 aromatic heterocycles. The lowest BCUT2D eigenvalue weighted by molar-refractivity contribution is -0.361. The summed E-state index contributed by atoms with van der Waals surface area (Å²) in [5.41, 5.74) is 0. The molecule has 0 amide bonds. The number of ether oxygens (including phenoxy) is 6. The standard InChI is InChI=1S/C30H48O18/c31-9-18-22(37)24(39)26(41)29(47-18)44-13-5-15(33)14-7-17(28(45-16(14)6-13)11-1-3-12(32)4-2-11)46-30-27(42)25(40)23(38)19(48-30)10-43-21(36)8-20(34)35/h11-19,22-33,37-42H,1-10H2,(H,34,35)/p+1. The molecule has 16 atom stereocenters. The Morgan fingerprint density at radius 3 is 1.96 bits per heavy atom. The van der Waals surface area contributed by atoms with Crippen molar-refractivity contribution in [3.8, 4) is 0 Å². The molecule has 3 aliphatic heterocycles. The molecule has 48 heavy (non-hydrogen) atoms. The van der Waals surface area contributed by atoms with Crippen molar-refractivity contribution < 1.29 is 89.1 Å². The fourth-order valence-electron chi connectivity index (χ4n) is 7.62. The van der Waals surface area contributed by atoms with Gasteiger partial charge in [0.25, 0.3) is 0 Å². The molecular weight excluding hydrogens is 648 g/mol. The molecule has 5 fully saturated rings. The van der Waals surface area contributed by atoms with Crippen LogP contribution in [0.4, 0.5) is 0 Å². The van der Waals surface area contributed by atoms with E-state index in [9.17, 15) is 55.5 Å². The number of esters is 1. The number of carboxylic acids is 1. The molecular formula is C30H49O18+. The summed E-state index contributed by atoms with van der Waals surface area (Å²) in [7, 11) is 0. The van der Waals surface area contributed by atoms with Gasteiger partial charge in [-0.2, -0.15) is 0 Å². The van der Waals surface area contributed by atoms with Gasteiger partial charge in [-0.25, -0.2) is 0 Å². The Bertz CT molecular complexity index is 1070. The first kappa shape index (κ1) is 37.6. The normalized spacial score (nSPS) is 48.4. The molecule has 18 heteroatoms. The maximum atomic E-state index is 11.8. The highest BCUT2D eigenvalue weighted by atomic mass is 16.7. The van der Waals surface area contributed by atoms with E-state index in [4.69, 9.17) is 33.5 Å². The van der Waals surface area contributed by atoms with Crippen LogP contribution >= 0.6 is 0 Å². The minimum absolute atomic E-state index is 0.0627. The van der Waals surface area contributed by atoms with E-state index in [0.29, 0.717) is 32.1 Å². The van der Waals surface area contributed by atoms with Gasteiger partial charge in [-0.3, -0.25) is 9.59 Å². The monoisotopic (exact) mass is 697 g/mol. The Balaban J connectivity index is 1.28. The number of hydrogen-bond donors (Lipinski definition) is 10. The summed E-state index contributed by atoms with van der Waals surface area (Å²) in [5.74, 6) is -3.02. The van der Waals surface area contributed by atoms with Crippen molar-refractivity contribution in [2.24, 2.45) is 11.8 Å². The van der Waals surface area contributed by atoms with E-state index in [-0.39, 0.29) is 18.8 Å². The summed E-state index contributed by atoms with van der Waals surface area (Å²) in [6, 6.07) is 0. The second kappa shape index (κ2) is 16.2. The number of hydrogen-bond acceptors (Lipinski definition) is 16. The number of rotatable bonds is 10. The van der Waals surface area contributed by atoms with E-state index in [1.165, 1.54) is 0 Å². The summed E-state index contributed by atoms with van der Waals surface area (Å²) in [6.07, 6.45) is -17.2. The summed E-state index contributed by atoms with van der Waals surface area (Å²) >= 11 is 0. The van der Waals surface area contributed by atoms with Crippen LogP contribution in [0.5, 0.6) is 0 Å². The largest absolute Gasteiger partial charge is 0.481 e. The van der Waals surface area contributed by atoms with Crippen LogP contribution < -0.4 is 0 Å². The molecule has 2 saturated carbocycles. The highest BCUT2D eigenvalue weighted by Gasteiger charge is 2.55. The Hall–Kier alpha value is -1.62. The van der Waals surface area contributed by atoms with E-state index < -0.39 is 136 Å². The Labute approximate surface area is 275 Å². The quantitative estimate of drug-likeness (QED) is 0.0583. The smallest absolute Gasteiger partial charge is 0.317 e. The van der Waals surface area contributed by atoms with Crippen LogP contribution in [0.1, 0.15) is 51.4 Å². The Morgan fingerprint density at radius 1 is 0.729 bits per heavy atom. The molecule has 5 rings (SSSR count). The minimum Gasteiger partial charge on any atom is -0.481 e. The van der Waals surface area contributed by atoms with Crippen molar-refractivity contribution in [1.82, 2.24) is 0 Å². The molecule has 2 aliphatic carbocycles. The molecule has 0 aromatic carbocycles. The number of fused-ring (bicyclic) bond motifs is 1. The molecule has 11 N–H and O–H groups in total. The highest BCUT2D eigenvalue weighted by Crippen LogP contribution is 2.43. The van der Waals surface area contributed by atoms with Crippen LogP contribution in [0.15, 0.2) is 0 Å². The van der Waals surface area contributed by atoms with Gasteiger partial charge in [0.05, 0.1) is 30.8 Å². The van der Waals surface area contributed by atoms with Gasteiger partial charge < -0.3 is 79.5 Å². The average molecular weight is 698 g/mol. The summed E-state index contributed by atoms with van der Waals surface area (Å²) < 4.78 is 33.4. The second-order valence-corrected chi connectivity index (χ2v) is 13.6. The van der Waals surface area contributed by atoms with Gasteiger partial charge in [0.1, 0.15) is 68.0 Å². The first-order valence-corrected chi connectivity index (χ1v) is 16.5. The van der Waals surface area contributed by atoms with E-state index in [0.717, 1.165) is 0 Å². The zero-order valence-corrected chi connectivity index (χ0v) is 26.2.